The molecule has 0 saturated heterocycles. The third-order valence-electron chi connectivity index (χ3n) is 5.96. The molecule has 0 saturated carbocycles. The van der Waals surface area contributed by atoms with Gasteiger partial charge in [0.1, 0.15) is 18.2 Å². The second-order valence-electron chi connectivity index (χ2n) is 10.4. The molecule has 2 N–H and O–H groups in total. The number of rotatable bonds is 11. The lowest BCUT2D eigenvalue weighted by Gasteiger charge is -2.17. The maximum atomic E-state index is 12.7. The first-order valence-corrected chi connectivity index (χ1v) is 17.9. The van der Waals surface area contributed by atoms with E-state index in [1.807, 2.05) is 42.7 Å². The van der Waals surface area contributed by atoms with E-state index >= 15 is 0 Å². The maximum absolute atomic E-state index is 12.7. The molecule has 0 bridgehead atoms. The molecule has 0 aliphatic rings. The normalized spacial score (nSPS) is 11.3. The number of thioether (sulfide) groups is 1. The summed E-state index contributed by atoms with van der Waals surface area (Å²) in [6, 6.07) is 17.5. The van der Waals surface area contributed by atoms with Gasteiger partial charge in [-0.15, -0.1) is 0 Å². The van der Waals surface area contributed by atoms with E-state index in [1.165, 1.54) is 18.7 Å². The number of amides is 2. The molecule has 4 aromatic rings. The number of anilines is 2. The quantitative estimate of drug-likeness (QED) is 0.124. The molecule has 2 amide bonds. The molecule has 0 unspecified atom stereocenters. The predicted molar refractivity (Wildman–Crippen MR) is 163 cm³/mol. The Balaban J connectivity index is 1.75. The van der Waals surface area contributed by atoms with Gasteiger partial charge < -0.3 is 15.4 Å². The Morgan fingerprint density at radius 1 is 0.975 bits per heavy atom. The lowest BCUT2D eigenvalue weighted by molar-refractivity contribution is -0.114. The van der Waals surface area contributed by atoms with E-state index in [9.17, 15) is 9.59 Å². The summed E-state index contributed by atoms with van der Waals surface area (Å²) in [5.41, 5.74) is 4.17. The van der Waals surface area contributed by atoms with Gasteiger partial charge in [-0.1, -0.05) is 49.6 Å². The highest BCUT2D eigenvalue weighted by atomic mass is 32.2. The second-order valence-corrected chi connectivity index (χ2v) is 16.8. The van der Waals surface area contributed by atoms with Gasteiger partial charge >= 0.3 is 0 Å². The van der Waals surface area contributed by atoms with Gasteiger partial charge in [0.05, 0.1) is 11.4 Å². The fourth-order valence-corrected chi connectivity index (χ4v) is 5.30. The van der Waals surface area contributed by atoms with Crippen LogP contribution in [0.2, 0.25) is 25.7 Å². The van der Waals surface area contributed by atoms with Crippen LogP contribution in [0.3, 0.4) is 0 Å². The number of nitrogens with zero attached hydrogens (tertiary/aromatic N) is 4. The van der Waals surface area contributed by atoms with E-state index < -0.39 is 8.07 Å². The van der Waals surface area contributed by atoms with Gasteiger partial charge in [-0.25, -0.2) is 9.97 Å². The van der Waals surface area contributed by atoms with E-state index in [2.05, 4.69) is 44.8 Å². The van der Waals surface area contributed by atoms with E-state index in [0.29, 0.717) is 30.5 Å². The fourth-order valence-electron chi connectivity index (χ4n) is 4.00. The Labute approximate surface area is 239 Å². The standard InChI is InChI=1S/C29H34N6O3SSi/c1-20(36)32-25-18-22(12-14-31-25)27-26(34-29(39-2)35(27)19-38-15-16-40(3,4)5)21-9-8-10-23(17-21)33-28(37)24-11-6-7-13-30-24/h6-14,17-18H,15-16,19H2,1-5H3,(H,33,37)(H,31,32,36). The van der Waals surface area contributed by atoms with Crippen LogP contribution in [-0.2, 0) is 16.3 Å². The fraction of sp³-hybridized carbons (Fsp3) is 0.276. The number of nitrogens with one attached hydrogen (secondary N) is 2. The first-order chi connectivity index (χ1) is 19.1. The Kier molecular flexibility index (Phi) is 9.51. The van der Waals surface area contributed by atoms with Crippen LogP contribution in [0.1, 0.15) is 17.4 Å². The summed E-state index contributed by atoms with van der Waals surface area (Å²) in [4.78, 5) is 37.9. The maximum Gasteiger partial charge on any atom is 0.274 e. The molecule has 208 valence electrons. The van der Waals surface area contributed by atoms with Crippen molar-refractivity contribution < 1.29 is 14.3 Å². The van der Waals surface area contributed by atoms with Crippen LogP contribution in [0.25, 0.3) is 22.5 Å². The average Bonchev–Trinajstić information content (AvgIpc) is 3.29. The molecule has 0 aliphatic heterocycles. The van der Waals surface area contributed by atoms with Crippen LogP contribution in [0.4, 0.5) is 11.5 Å². The number of carbonyl (C=O) groups excluding carboxylic acids is 2. The lowest BCUT2D eigenvalue weighted by Crippen LogP contribution is -2.22. The van der Waals surface area contributed by atoms with Gasteiger partial charge in [0, 0.05) is 50.8 Å². The van der Waals surface area contributed by atoms with Crippen molar-refractivity contribution in [1.82, 2.24) is 19.5 Å². The van der Waals surface area contributed by atoms with Gasteiger partial charge in [0.25, 0.3) is 5.91 Å². The number of pyridine rings is 2. The predicted octanol–water partition coefficient (Wildman–Crippen LogP) is 6.25. The molecular formula is C29H34N6O3SSi. The van der Waals surface area contributed by atoms with Gasteiger partial charge in [0.15, 0.2) is 5.16 Å². The number of aromatic nitrogens is 4. The van der Waals surface area contributed by atoms with Crippen molar-refractivity contribution in [2.75, 3.05) is 23.5 Å². The molecule has 3 aromatic heterocycles. The molecule has 0 aliphatic carbocycles. The summed E-state index contributed by atoms with van der Waals surface area (Å²) in [6.07, 6.45) is 5.23. The lowest BCUT2D eigenvalue weighted by atomic mass is 10.0. The molecule has 9 nitrogen and oxygen atoms in total. The number of hydrogen-bond acceptors (Lipinski definition) is 7. The van der Waals surface area contributed by atoms with Crippen molar-refractivity contribution >= 4 is 43.2 Å². The highest BCUT2D eigenvalue weighted by Crippen LogP contribution is 2.37. The molecule has 1 aromatic carbocycles. The van der Waals surface area contributed by atoms with Crippen LogP contribution >= 0.6 is 11.8 Å². The van der Waals surface area contributed by atoms with E-state index in [4.69, 9.17) is 9.72 Å². The van der Waals surface area contributed by atoms with Crippen molar-refractivity contribution in [2.45, 2.75) is 44.5 Å². The van der Waals surface area contributed by atoms with Crippen molar-refractivity contribution in [3.05, 3.63) is 72.7 Å². The minimum Gasteiger partial charge on any atom is -0.361 e. The highest BCUT2D eigenvalue weighted by Gasteiger charge is 2.22. The number of ether oxygens (including phenoxy) is 1. The number of carbonyl (C=O) groups is 2. The molecule has 11 heteroatoms. The van der Waals surface area contributed by atoms with E-state index in [-0.39, 0.29) is 11.8 Å². The zero-order valence-corrected chi connectivity index (χ0v) is 25.2. The smallest absolute Gasteiger partial charge is 0.274 e. The Hall–Kier alpha value is -3.80. The first-order valence-electron chi connectivity index (χ1n) is 12.9. The molecule has 0 fully saturated rings. The summed E-state index contributed by atoms with van der Waals surface area (Å²) in [5, 5.41) is 6.49. The highest BCUT2D eigenvalue weighted by molar-refractivity contribution is 7.98. The van der Waals surface area contributed by atoms with E-state index in [0.717, 1.165) is 33.7 Å². The third-order valence-corrected chi connectivity index (χ3v) is 8.34. The van der Waals surface area contributed by atoms with Crippen LogP contribution in [0.5, 0.6) is 0 Å². The van der Waals surface area contributed by atoms with Crippen LogP contribution in [0.15, 0.2) is 72.1 Å². The average molecular weight is 575 g/mol. The number of hydrogen-bond donors (Lipinski definition) is 2. The SMILES string of the molecule is CSc1nc(-c2cccc(NC(=O)c3ccccn3)c2)c(-c2ccnc(NC(C)=O)c2)n1COCC[Si](C)(C)C. The second kappa shape index (κ2) is 13.0. The van der Waals surface area contributed by atoms with E-state index in [1.54, 1.807) is 30.6 Å². The molecule has 3 heterocycles. The molecule has 0 radical (unpaired) electrons. The zero-order valence-electron chi connectivity index (χ0n) is 23.4. The van der Waals surface area contributed by atoms with Crippen molar-refractivity contribution in [3.63, 3.8) is 0 Å². The molecule has 4 rings (SSSR count). The number of benzene rings is 1. The van der Waals surface area contributed by atoms with Crippen LogP contribution in [0, 0.1) is 0 Å². The topological polar surface area (TPSA) is 111 Å². The largest absolute Gasteiger partial charge is 0.361 e. The summed E-state index contributed by atoms with van der Waals surface area (Å²) in [6.45, 7) is 9.42. The molecular weight excluding hydrogens is 541 g/mol. The first kappa shape index (κ1) is 29.2. The van der Waals surface area contributed by atoms with Crippen molar-refractivity contribution in [1.29, 1.82) is 0 Å². The zero-order chi connectivity index (χ0) is 28.7. The van der Waals surface area contributed by atoms with Gasteiger partial charge in [-0.2, -0.15) is 0 Å². The third kappa shape index (κ3) is 7.65. The van der Waals surface area contributed by atoms with Gasteiger partial charge in [0.2, 0.25) is 5.91 Å². The van der Waals surface area contributed by atoms with Gasteiger partial charge in [-0.3, -0.25) is 19.1 Å². The van der Waals surface area contributed by atoms with Crippen LogP contribution in [-0.4, -0.2) is 52.3 Å². The Bertz CT molecular complexity index is 1490. The Morgan fingerprint density at radius 3 is 2.50 bits per heavy atom. The molecule has 0 atom stereocenters. The summed E-state index contributed by atoms with van der Waals surface area (Å²) >= 11 is 1.53. The monoisotopic (exact) mass is 574 g/mol. The molecule has 0 spiro atoms. The van der Waals surface area contributed by atoms with Gasteiger partial charge in [-0.05, 0) is 48.7 Å². The van der Waals surface area contributed by atoms with Crippen LogP contribution < -0.4 is 10.6 Å². The van der Waals surface area contributed by atoms with Crippen molar-refractivity contribution in [3.8, 4) is 22.5 Å². The van der Waals surface area contributed by atoms with Crippen molar-refractivity contribution in [2.24, 2.45) is 0 Å². The Morgan fingerprint density at radius 2 is 1.80 bits per heavy atom. The minimum absolute atomic E-state index is 0.200. The minimum atomic E-state index is -1.25. The summed E-state index contributed by atoms with van der Waals surface area (Å²) in [5.74, 6) is -0.0437. The number of imidazole rings is 1. The summed E-state index contributed by atoms with van der Waals surface area (Å²) in [7, 11) is -1.25. The molecule has 40 heavy (non-hydrogen) atoms. The summed E-state index contributed by atoms with van der Waals surface area (Å²) < 4.78 is 8.22.